The lowest BCUT2D eigenvalue weighted by Crippen LogP contribution is -2.26. The summed E-state index contributed by atoms with van der Waals surface area (Å²) in [6, 6.07) is 10.6. The molecule has 0 saturated heterocycles. The number of sulfonamides is 1. The molecule has 140 valence electrons. The first kappa shape index (κ1) is 19.8. The molecule has 1 amide bonds. The van der Waals surface area contributed by atoms with Crippen LogP contribution >= 0.6 is 0 Å². The van der Waals surface area contributed by atoms with Gasteiger partial charge in [0.15, 0.2) is 0 Å². The van der Waals surface area contributed by atoms with Crippen LogP contribution < -0.4 is 9.62 Å². The molecule has 0 bridgehead atoms. The summed E-state index contributed by atoms with van der Waals surface area (Å²) in [4.78, 5) is 12.2. The van der Waals surface area contributed by atoms with Crippen LogP contribution in [0, 0.1) is 0 Å². The van der Waals surface area contributed by atoms with Gasteiger partial charge in [0.05, 0.1) is 17.5 Å². The zero-order chi connectivity index (χ0) is 19.5. The van der Waals surface area contributed by atoms with Crippen molar-refractivity contribution in [3.63, 3.8) is 0 Å². The standard InChI is InChI=1S/C17H17F3N2O3S/c1-22(26(2,24)25)15-8-4-6-13(10-15)16(23)21-11-12-5-3-7-14(9-12)17(18,19)20/h3-10H,11H2,1-2H3,(H,21,23). The summed E-state index contributed by atoms with van der Waals surface area (Å²) < 4.78 is 62.3. The van der Waals surface area contributed by atoms with Gasteiger partial charge in [-0.2, -0.15) is 13.2 Å². The molecule has 26 heavy (non-hydrogen) atoms. The summed E-state index contributed by atoms with van der Waals surface area (Å²) in [6.07, 6.45) is -3.42. The van der Waals surface area contributed by atoms with E-state index in [9.17, 15) is 26.4 Å². The second-order valence-electron chi connectivity index (χ2n) is 5.66. The lowest BCUT2D eigenvalue weighted by molar-refractivity contribution is -0.137. The highest BCUT2D eigenvalue weighted by atomic mass is 32.2. The summed E-state index contributed by atoms with van der Waals surface area (Å²) in [6.45, 7) is -0.0884. The monoisotopic (exact) mass is 386 g/mol. The number of nitrogens with zero attached hydrogens (tertiary/aromatic N) is 1. The molecule has 0 heterocycles. The highest BCUT2D eigenvalue weighted by Crippen LogP contribution is 2.29. The van der Waals surface area contributed by atoms with E-state index in [1.165, 1.54) is 43.4 Å². The van der Waals surface area contributed by atoms with E-state index in [1.54, 1.807) is 0 Å². The minimum atomic E-state index is -4.45. The van der Waals surface area contributed by atoms with E-state index in [-0.39, 0.29) is 12.1 Å². The molecule has 0 unspecified atom stereocenters. The van der Waals surface area contributed by atoms with Crippen LogP contribution in [0.4, 0.5) is 18.9 Å². The third kappa shape index (κ3) is 4.98. The summed E-state index contributed by atoms with van der Waals surface area (Å²) in [7, 11) is -2.12. The molecular weight excluding hydrogens is 369 g/mol. The van der Waals surface area contributed by atoms with Crippen molar-refractivity contribution in [1.82, 2.24) is 5.32 Å². The van der Waals surface area contributed by atoms with Crippen molar-refractivity contribution in [2.45, 2.75) is 12.7 Å². The molecule has 0 aliphatic rings. The topological polar surface area (TPSA) is 66.5 Å². The fourth-order valence-corrected chi connectivity index (χ4v) is 2.67. The van der Waals surface area contributed by atoms with E-state index in [0.29, 0.717) is 11.3 Å². The number of anilines is 1. The molecule has 0 atom stereocenters. The van der Waals surface area contributed by atoms with Gasteiger partial charge in [-0.1, -0.05) is 18.2 Å². The van der Waals surface area contributed by atoms with Gasteiger partial charge in [-0.05, 0) is 35.9 Å². The Balaban J connectivity index is 2.12. The van der Waals surface area contributed by atoms with E-state index >= 15 is 0 Å². The van der Waals surface area contributed by atoms with Crippen molar-refractivity contribution in [3.05, 3.63) is 65.2 Å². The van der Waals surface area contributed by atoms with Crippen LogP contribution in [-0.4, -0.2) is 27.6 Å². The van der Waals surface area contributed by atoms with Crippen LogP contribution in [0.3, 0.4) is 0 Å². The molecule has 0 radical (unpaired) electrons. The molecule has 2 aromatic rings. The van der Waals surface area contributed by atoms with Crippen LogP contribution in [0.15, 0.2) is 48.5 Å². The molecule has 5 nitrogen and oxygen atoms in total. The van der Waals surface area contributed by atoms with Crippen molar-refractivity contribution in [3.8, 4) is 0 Å². The van der Waals surface area contributed by atoms with E-state index < -0.39 is 27.7 Å². The number of alkyl halides is 3. The first-order valence-electron chi connectivity index (χ1n) is 7.47. The summed E-state index contributed by atoms with van der Waals surface area (Å²) in [5.41, 5.74) is 0.0165. The van der Waals surface area contributed by atoms with Gasteiger partial charge < -0.3 is 5.32 Å². The highest BCUT2D eigenvalue weighted by molar-refractivity contribution is 7.92. The average Bonchev–Trinajstić information content (AvgIpc) is 2.58. The van der Waals surface area contributed by atoms with E-state index in [1.807, 2.05) is 0 Å². The first-order chi connectivity index (χ1) is 12.0. The van der Waals surface area contributed by atoms with Crippen molar-refractivity contribution in [1.29, 1.82) is 0 Å². The van der Waals surface area contributed by atoms with Crippen LogP contribution in [0.25, 0.3) is 0 Å². The van der Waals surface area contributed by atoms with E-state index in [2.05, 4.69) is 5.32 Å². The molecule has 9 heteroatoms. The molecule has 0 aliphatic heterocycles. The number of halogens is 3. The smallest absolute Gasteiger partial charge is 0.348 e. The van der Waals surface area contributed by atoms with Crippen LogP contribution in [0.1, 0.15) is 21.5 Å². The maximum absolute atomic E-state index is 12.7. The number of hydrogen-bond acceptors (Lipinski definition) is 3. The summed E-state index contributed by atoms with van der Waals surface area (Å²) in [5, 5.41) is 2.52. The molecule has 1 N–H and O–H groups in total. The zero-order valence-corrected chi connectivity index (χ0v) is 14.9. The predicted molar refractivity (Wildman–Crippen MR) is 92.3 cm³/mol. The first-order valence-corrected chi connectivity index (χ1v) is 9.31. The van der Waals surface area contributed by atoms with Crippen molar-refractivity contribution in [2.24, 2.45) is 0 Å². The van der Waals surface area contributed by atoms with Gasteiger partial charge in [0.2, 0.25) is 10.0 Å². The van der Waals surface area contributed by atoms with Gasteiger partial charge in [-0.25, -0.2) is 8.42 Å². The summed E-state index contributed by atoms with van der Waals surface area (Å²) in [5.74, 6) is -0.522. The molecule has 0 aromatic heterocycles. The molecule has 0 saturated carbocycles. The second-order valence-corrected chi connectivity index (χ2v) is 7.68. The number of carbonyl (C=O) groups excluding carboxylic acids is 1. The third-order valence-corrected chi connectivity index (χ3v) is 4.88. The third-order valence-electron chi connectivity index (χ3n) is 3.68. The van der Waals surface area contributed by atoms with Crippen LogP contribution in [0.2, 0.25) is 0 Å². The molecule has 0 spiro atoms. The maximum Gasteiger partial charge on any atom is 0.416 e. The maximum atomic E-state index is 12.7. The minimum absolute atomic E-state index is 0.0884. The van der Waals surface area contributed by atoms with E-state index in [4.69, 9.17) is 0 Å². The molecule has 2 rings (SSSR count). The Hall–Kier alpha value is -2.55. The minimum Gasteiger partial charge on any atom is -0.348 e. The van der Waals surface area contributed by atoms with Crippen molar-refractivity contribution < 1.29 is 26.4 Å². The van der Waals surface area contributed by atoms with Gasteiger partial charge >= 0.3 is 6.18 Å². The Morgan fingerprint density at radius 2 is 1.77 bits per heavy atom. The number of nitrogens with one attached hydrogen (secondary N) is 1. The highest BCUT2D eigenvalue weighted by Gasteiger charge is 2.30. The Morgan fingerprint density at radius 1 is 1.12 bits per heavy atom. The van der Waals surface area contributed by atoms with Gasteiger partial charge in [0.1, 0.15) is 0 Å². The molecule has 2 aromatic carbocycles. The molecule has 0 fully saturated rings. The second kappa shape index (κ2) is 7.36. The number of rotatable bonds is 5. The van der Waals surface area contributed by atoms with Crippen molar-refractivity contribution >= 4 is 21.6 Å². The molecule has 0 aliphatic carbocycles. The average molecular weight is 386 g/mol. The van der Waals surface area contributed by atoms with Gasteiger partial charge in [0.25, 0.3) is 5.91 Å². The number of hydrogen-bond donors (Lipinski definition) is 1. The van der Waals surface area contributed by atoms with Gasteiger partial charge in [-0.15, -0.1) is 0 Å². The Morgan fingerprint density at radius 3 is 2.38 bits per heavy atom. The SMILES string of the molecule is CN(c1cccc(C(=O)NCc2cccc(C(F)(F)F)c2)c1)S(C)(=O)=O. The molecular formula is C17H17F3N2O3S. The van der Waals surface area contributed by atoms with Gasteiger partial charge in [-0.3, -0.25) is 9.10 Å². The lowest BCUT2D eigenvalue weighted by atomic mass is 10.1. The number of benzene rings is 2. The number of carbonyl (C=O) groups is 1. The predicted octanol–water partition coefficient (Wildman–Crippen LogP) is 3.03. The van der Waals surface area contributed by atoms with Crippen LogP contribution in [-0.2, 0) is 22.7 Å². The zero-order valence-electron chi connectivity index (χ0n) is 14.0. The normalized spacial score (nSPS) is 11.9. The largest absolute Gasteiger partial charge is 0.416 e. The van der Waals surface area contributed by atoms with E-state index in [0.717, 1.165) is 22.7 Å². The van der Waals surface area contributed by atoms with Crippen molar-refractivity contribution in [2.75, 3.05) is 17.6 Å². The van der Waals surface area contributed by atoms with Gasteiger partial charge in [0, 0.05) is 19.2 Å². The van der Waals surface area contributed by atoms with Crippen LogP contribution in [0.5, 0.6) is 0 Å². The summed E-state index contributed by atoms with van der Waals surface area (Å²) >= 11 is 0. The quantitative estimate of drug-likeness (QED) is 0.859. The fourth-order valence-electron chi connectivity index (χ4n) is 2.18. The Bertz CT molecular complexity index is 911. The fraction of sp³-hybridized carbons (Fsp3) is 0.235. The lowest BCUT2D eigenvalue weighted by Gasteiger charge is -2.17. The Labute approximate surface area is 149 Å². The number of amides is 1. The Kier molecular flexibility index (Phi) is 5.60.